The Bertz CT molecular complexity index is 1180. The predicted octanol–water partition coefficient (Wildman–Crippen LogP) is 3.30. The number of rotatable bonds is 5. The quantitative estimate of drug-likeness (QED) is 0.673. The molecule has 1 atom stereocenters. The first kappa shape index (κ1) is 23.3. The molecule has 2 aliphatic rings. The van der Waals surface area contributed by atoms with E-state index in [0.717, 1.165) is 6.42 Å². The van der Waals surface area contributed by atoms with Gasteiger partial charge in [-0.1, -0.05) is 17.7 Å². The fourth-order valence-electron chi connectivity index (χ4n) is 3.97. The van der Waals surface area contributed by atoms with Crippen molar-refractivity contribution < 1.29 is 18.0 Å². The fraction of sp³-hybridized carbons (Fsp3) is 0.348. The van der Waals surface area contributed by atoms with Crippen LogP contribution in [-0.4, -0.2) is 50.6 Å². The standard InChI is InChI=1S/C23H25ClN4O4S/c24-18-10-8-16(9-11-18)23(30)28-13-3-4-17(15-28)22(29)26-19-5-1-6-20(14-19)33(31,32)27-21-7-2-12-25-21/h1,5-6,8-11,14,17H,2-4,7,12-13,15H2,(H,25,27)(H,26,29). The van der Waals surface area contributed by atoms with Crippen LogP contribution >= 0.6 is 11.6 Å². The van der Waals surface area contributed by atoms with Gasteiger partial charge in [-0.15, -0.1) is 0 Å². The summed E-state index contributed by atoms with van der Waals surface area (Å²) in [4.78, 5) is 31.6. The molecule has 0 spiro atoms. The molecule has 0 aliphatic carbocycles. The van der Waals surface area contributed by atoms with Crippen LogP contribution in [0.4, 0.5) is 5.69 Å². The molecule has 2 aliphatic heterocycles. The number of hydrogen-bond acceptors (Lipinski definition) is 5. The van der Waals surface area contributed by atoms with E-state index in [1.165, 1.54) is 12.1 Å². The van der Waals surface area contributed by atoms with Crippen LogP contribution in [0.3, 0.4) is 0 Å². The molecule has 0 aromatic heterocycles. The molecule has 2 N–H and O–H groups in total. The van der Waals surface area contributed by atoms with E-state index in [1.54, 1.807) is 41.3 Å². The maximum Gasteiger partial charge on any atom is 0.262 e. The monoisotopic (exact) mass is 488 g/mol. The first-order chi connectivity index (χ1) is 15.8. The molecule has 0 saturated carbocycles. The normalized spacial score (nSPS) is 18.5. The van der Waals surface area contributed by atoms with Gasteiger partial charge in [-0.2, -0.15) is 0 Å². The highest BCUT2D eigenvalue weighted by molar-refractivity contribution is 7.90. The van der Waals surface area contributed by atoms with Gasteiger partial charge in [0.25, 0.3) is 15.9 Å². The molecule has 10 heteroatoms. The van der Waals surface area contributed by atoms with Crippen LogP contribution in [0, 0.1) is 5.92 Å². The molecule has 2 aromatic rings. The summed E-state index contributed by atoms with van der Waals surface area (Å²) >= 11 is 5.90. The van der Waals surface area contributed by atoms with E-state index >= 15 is 0 Å². The second-order valence-corrected chi connectivity index (χ2v) is 10.3. The van der Waals surface area contributed by atoms with Crippen LogP contribution in [0.25, 0.3) is 0 Å². The molecular weight excluding hydrogens is 464 g/mol. The van der Waals surface area contributed by atoms with Crippen LogP contribution in [0.15, 0.2) is 58.4 Å². The van der Waals surface area contributed by atoms with Crippen molar-refractivity contribution in [2.75, 3.05) is 25.0 Å². The lowest BCUT2D eigenvalue weighted by Gasteiger charge is -2.32. The number of nitrogens with zero attached hydrogens (tertiary/aromatic N) is 2. The minimum atomic E-state index is -3.77. The summed E-state index contributed by atoms with van der Waals surface area (Å²) in [6.45, 7) is 1.49. The minimum absolute atomic E-state index is 0.0538. The third-order valence-corrected chi connectivity index (χ3v) is 7.34. The number of likely N-dealkylation sites (tertiary alicyclic amines) is 1. The predicted molar refractivity (Wildman–Crippen MR) is 127 cm³/mol. The maximum absolute atomic E-state index is 12.9. The highest BCUT2D eigenvalue weighted by Gasteiger charge is 2.29. The molecule has 8 nitrogen and oxygen atoms in total. The Morgan fingerprint density at radius 2 is 1.88 bits per heavy atom. The van der Waals surface area contributed by atoms with Gasteiger partial charge in [-0.3, -0.25) is 19.3 Å². The van der Waals surface area contributed by atoms with E-state index in [1.807, 2.05) is 0 Å². The SMILES string of the molecule is O=C(Nc1cccc(S(=O)(=O)NC2=NCCC2)c1)C1CCCN(C(=O)c2ccc(Cl)cc2)C1. The van der Waals surface area contributed by atoms with Gasteiger partial charge < -0.3 is 10.2 Å². The Kier molecular flexibility index (Phi) is 6.99. The Morgan fingerprint density at radius 3 is 2.61 bits per heavy atom. The summed E-state index contributed by atoms with van der Waals surface area (Å²) in [6.07, 6.45) is 2.78. The van der Waals surface area contributed by atoms with Crippen molar-refractivity contribution >= 4 is 45.0 Å². The lowest BCUT2D eigenvalue weighted by atomic mass is 9.96. The first-order valence-electron chi connectivity index (χ1n) is 10.8. The highest BCUT2D eigenvalue weighted by Crippen LogP contribution is 2.22. The summed E-state index contributed by atoms with van der Waals surface area (Å²) in [5.41, 5.74) is 0.912. The average molecular weight is 489 g/mol. The van der Waals surface area contributed by atoms with E-state index in [2.05, 4.69) is 15.0 Å². The molecule has 2 aromatic carbocycles. The van der Waals surface area contributed by atoms with Crippen LogP contribution in [0.2, 0.25) is 5.02 Å². The molecule has 0 radical (unpaired) electrons. The molecule has 1 fully saturated rings. The molecule has 2 amide bonds. The Morgan fingerprint density at radius 1 is 1.09 bits per heavy atom. The van der Waals surface area contributed by atoms with Crippen LogP contribution in [0.1, 0.15) is 36.0 Å². The van der Waals surface area contributed by atoms with E-state index in [0.29, 0.717) is 61.0 Å². The number of carbonyl (C=O) groups excluding carboxylic acids is 2. The van der Waals surface area contributed by atoms with Gasteiger partial charge in [0.2, 0.25) is 5.91 Å². The number of hydrogen-bond donors (Lipinski definition) is 2. The van der Waals surface area contributed by atoms with Crippen molar-refractivity contribution in [3.8, 4) is 0 Å². The summed E-state index contributed by atoms with van der Waals surface area (Å²) in [6, 6.07) is 12.8. The number of benzene rings is 2. The number of nitrogens with one attached hydrogen (secondary N) is 2. The molecule has 1 unspecified atom stereocenters. The molecule has 33 heavy (non-hydrogen) atoms. The third-order valence-electron chi connectivity index (χ3n) is 5.71. The van der Waals surface area contributed by atoms with Gasteiger partial charge in [-0.25, -0.2) is 8.42 Å². The van der Waals surface area contributed by atoms with E-state index in [9.17, 15) is 18.0 Å². The second-order valence-electron chi connectivity index (χ2n) is 8.15. The smallest absolute Gasteiger partial charge is 0.262 e. The van der Waals surface area contributed by atoms with Gasteiger partial charge in [0.1, 0.15) is 5.84 Å². The Hall–Kier alpha value is -2.91. The fourth-order valence-corrected chi connectivity index (χ4v) is 5.23. The second kappa shape index (κ2) is 9.93. The van der Waals surface area contributed by atoms with Gasteiger partial charge in [0.15, 0.2) is 0 Å². The van der Waals surface area contributed by atoms with Gasteiger partial charge in [0.05, 0.1) is 10.8 Å². The van der Waals surface area contributed by atoms with Crippen molar-refractivity contribution in [3.63, 3.8) is 0 Å². The number of piperidine rings is 1. The van der Waals surface area contributed by atoms with Crippen LogP contribution in [-0.2, 0) is 14.8 Å². The topological polar surface area (TPSA) is 108 Å². The van der Waals surface area contributed by atoms with Gasteiger partial charge >= 0.3 is 0 Å². The Balaban J connectivity index is 1.41. The first-order valence-corrected chi connectivity index (χ1v) is 12.7. The third kappa shape index (κ3) is 5.72. The number of amides is 2. The van der Waals surface area contributed by atoms with Gasteiger partial charge in [-0.05, 0) is 61.7 Å². The number of aliphatic imine (C=N–C) groups is 1. The number of carbonyl (C=O) groups is 2. The molecule has 1 saturated heterocycles. The molecular formula is C23H25ClN4O4S. The summed E-state index contributed by atoms with van der Waals surface area (Å²) in [5.74, 6) is -0.317. The Labute approximate surface area is 198 Å². The van der Waals surface area contributed by atoms with Crippen molar-refractivity contribution in [1.82, 2.24) is 9.62 Å². The largest absolute Gasteiger partial charge is 0.338 e. The van der Waals surface area contributed by atoms with Crippen molar-refractivity contribution in [2.24, 2.45) is 10.9 Å². The number of halogens is 1. The van der Waals surface area contributed by atoms with Crippen molar-refractivity contribution in [1.29, 1.82) is 0 Å². The number of amidine groups is 1. The molecule has 174 valence electrons. The minimum Gasteiger partial charge on any atom is -0.338 e. The zero-order valence-corrected chi connectivity index (χ0v) is 19.5. The van der Waals surface area contributed by atoms with E-state index in [4.69, 9.17) is 11.6 Å². The maximum atomic E-state index is 12.9. The molecule has 4 rings (SSSR count). The van der Waals surface area contributed by atoms with E-state index < -0.39 is 10.0 Å². The number of anilines is 1. The lowest BCUT2D eigenvalue weighted by Crippen LogP contribution is -2.43. The van der Waals surface area contributed by atoms with Crippen molar-refractivity contribution in [2.45, 2.75) is 30.6 Å². The van der Waals surface area contributed by atoms with Gasteiger partial charge in [0, 0.05) is 42.3 Å². The number of sulfonamides is 1. The van der Waals surface area contributed by atoms with Crippen molar-refractivity contribution in [3.05, 3.63) is 59.1 Å². The van der Waals surface area contributed by atoms with Crippen LogP contribution < -0.4 is 10.0 Å². The summed E-state index contributed by atoms with van der Waals surface area (Å²) < 4.78 is 27.8. The summed E-state index contributed by atoms with van der Waals surface area (Å²) in [7, 11) is -3.77. The highest BCUT2D eigenvalue weighted by atomic mass is 35.5. The van der Waals surface area contributed by atoms with Crippen LogP contribution in [0.5, 0.6) is 0 Å². The van der Waals surface area contributed by atoms with E-state index in [-0.39, 0.29) is 22.6 Å². The summed E-state index contributed by atoms with van der Waals surface area (Å²) in [5, 5.41) is 3.36. The average Bonchev–Trinajstić information content (AvgIpc) is 3.32. The zero-order valence-electron chi connectivity index (χ0n) is 18.0. The lowest BCUT2D eigenvalue weighted by molar-refractivity contribution is -0.121. The molecule has 2 heterocycles. The zero-order chi connectivity index (χ0) is 23.4. The molecule has 0 bridgehead atoms.